The SMILES string of the molecule is O=C1NCC[C@H]1C[C@H](NC(=O)[C@H]1C2CCC(CC2)N1C(=O)[C@](O)(c1ccccc1)C1CCCC1)C(=O)CO. The number of nitrogens with zero attached hydrogens (tertiary/aromatic N) is 1. The Bertz CT molecular complexity index is 1050. The second kappa shape index (κ2) is 11.1. The van der Waals surface area contributed by atoms with Gasteiger partial charge in [0.05, 0.1) is 6.04 Å². The first kappa shape index (κ1) is 26.8. The predicted molar refractivity (Wildman–Crippen MR) is 138 cm³/mol. The van der Waals surface area contributed by atoms with Crippen LogP contribution in [-0.2, 0) is 24.8 Å². The minimum atomic E-state index is -1.73. The molecule has 4 N–H and O–H groups in total. The number of hydrogen-bond donors (Lipinski definition) is 4. The van der Waals surface area contributed by atoms with Crippen molar-refractivity contribution in [3.05, 3.63) is 35.9 Å². The van der Waals surface area contributed by atoms with Gasteiger partial charge in [0.1, 0.15) is 12.6 Å². The summed E-state index contributed by atoms with van der Waals surface area (Å²) in [6.45, 7) is -0.223. The number of carbonyl (C=O) groups excluding carboxylic acids is 4. The van der Waals surface area contributed by atoms with Gasteiger partial charge < -0.3 is 25.7 Å². The molecule has 3 amide bonds. The molecular weight excluding hydrogens is 486 g/mol. The topological polar surface area (TPSA) is 136 Å². The molecule has 9 heteroatoms. The molecule has 2 bridgehead atoms. The standard InChI is InChI=1S/C29H39N3O6/c33-17-24(34)23(16-19-14-15-30-26(19)35)31-27(36)25-18-10-12-22(13-11-18)32(25)28(37)29(38,21-8-4-5-9-21)20-6-2-1-3-7-20/h1-3,6-7,18-19,21-23,25,33,38H,4-5,8-17H2,(H,30,35)(H,31,36)/t18?,19-,22?,23-,25+,29-/m0/s1. The van der Waals surface area contributed by atoms with Gasteiger partial charge in [-0.15, -0.1) is 0 Å². The van der Waals surface area contributed by atoms with Crippen LogP contribution in [0.2, 0.25) is 0 Å². The van der Waals surface area contributed by atoms with Crippen molar-refractivity contribution >= 4 is 23.5 Å². The molecular formula is C29H39N3O6. The van der Waals surface area contributed by atoms with Crippen LogP contribution >= 0.6 is 0 Å². The van der Waals surface area contributed by atoms with E-state index in [2.05, 4.69) is 10.6 Å². The first-order valence-corrected chi connectivity index (χ1v) is 14.2. The number of Topliss-reactive ketones (excluding diaryl/α,β-unsaturated/α-hetero) is 1. The number of rotatable bonds is 9. The van der Waals surface area contributed by atoms with Crippen molar-refractivity contribution in [2.45, 2.75) is 87.9 Å². The van der Waals surface area contributed by atoms with Gasteiger partial charge in [-0.2, -0.15) is 0 Å². The third kappa shape index (κ3) is 4.86. The highest BCUT2D eigenvalue weighted by Gasteiger charge is 2.55. The number of benzene rings is 1. The molecule has 3 aliphatic heterocycles. The van der Waals surface area contributed by atoms with Crippen molar-refractivity contribution in [1.29, 1.82) is 0 Å². The van der Waals surface area contributed by atoms with E-state index in [4.69, 9.17) is 0 Å². The van der Waals surface area contributed by atoms with E-state index in [0.717, 1.165) is 51.4 Å². The van der Waals surface area contributed by atoms with E-state index in [1.807, 2.05) is 18.2 Å². The Hall–Kier alpha value is -2.78. The van der Waals surface area contributed by atoms with Crippen LogP contribution in [-0.4, -0.2) is 69.9 Å². The molecule has 2 aliphatic carbocycles. The molecule has 0 aromatic heterocycles. The van der Waals surface area contributed by atoms with Gasteiger partial charge in [-0.05, 0) is 62.8 Å². The monoisotopic (exact) mass is 525 g/mol. The molecule has 9 nitrogen and oxygen atoms in total. The summed E-state index contributed by atoms with van der Waals surface area (Å²) in [4.78, 5) is 54.7. The number of hydrogen-bond acceptors (Lipinski definition) is 6. The lowest BCUT2D eigenvalue weighted by atomic mass is 9.71. The van der Waals surface area contributed by atoms with Crippen molar-refractivity contribution in [3.8, 4) is 0 Å². The molecule has 0 unspecified atom stereocenters. The summed E-state index contributed by atoms with van der Waals surface area (Å²) < 4.78 is 0. The molecule has 1 aromatic rings. The fourth-order valence-corrected chi connectivity index (χ4v) is 7.34. The molecule has 6 rings (SSSR count). The third-order valence-corrected chi connectivity index (χ3v) is 9.41. The van der Waals surface area contributed by atoms with Crippen LogP contribution in [0.25, 0.3) is 0 Å². The number of nitrogens with one attached hydrogen (secondary N) is 2. The molecule has 5 fully saturated rings. The quantitative estimate of drug-likeness (QED) is 0.385. The largest absolute Gasteiger partial charge is 0.389 e. The van der Waals surface area contributed by atoms with Crippen LogP contribution in [0.1, 0.15) is 69.8 Å². The van der Waals surface area contributed by atoms with Gasteiger partial charge in [-0.25, -0.2) is 0 Å². The van der Waals surface area contributed by atoms with E-state index >= 15 is 0 Å². The van der Waals surface area contributed by atoms with Gasteiger partial charge in [0, 0.05) is 24.4 Å². The Morgan fingerprint density at radius 3 is 2.32 bits per heavy atom. The number of aliphatic hydroxyl groups is 2. The van der Waals surface area contributed by atoms with E-state index in [0.29, 0.717) is 18.5 Å². The summed E-state index contributed by atoms with van der Waals surface area (Å²) in [6.07, 6.45) is 7.20. The van der Waals surface area contributed by atoms with Gasteiger partial charge >= 0.3 is 0 Å². The van der Waals surface area contributed by atoms with Gasteiger partial charge in [0.25, 0.3) is 5.91 Å². The Kier molecular flexibility index (Phi) is 7.86. The van der Waals surface area contributed by atoms with Gasteiger partial charge in [0.2, 0.25) is 11.8 Å². The number of piperidine rings is 2. The number of carbonyl (C=O) groups is 4. The average molecular weight is 526 g/mol. The summed E-state index contributed by atoms with van der Waals surface area (Å²) in [5.41, 5.74) is -1.17. The molecule has 3 heterocycles. The van der Waals surface area contributed by atoms with Crippen LogP contribution in [0, 0.1) is 17.8 Å². The lowest BCUT2D eigenvalue weighted by molar-refractivity contribution is -0.176. The maximum atomic E-state index is 14.4. The summed E-state index contributed by atoms with van der Waals surface area (Å²) in [5.74, 6) is -2.30. The summed E-state index contributed by atoms with van der Waals surface area (Å²) in [7, 11) is 0. The Morgan fingerprint density at radius 2 is 1.71 bits per heavy atom. The molecule has 206 valence electrons. The molecule has 1 aromatic carbocycles. The van der Waals surface area contributed by atoms with Gasteiger partial charge in [-0.3, -0.25) is 19.2 Å². The smallest absolute Gasteiger partial charge is 0.260 e. The van der Waals surface area contributed by atoms with Crippen molar-refractivity contribution in [3.63, 3.8) is 0 Å². The highest BCUT2D eigenvalue weighted by molar-refractivity contribution is 5.96. The maximum absolute atomic E-state index is 14.4. The molecule has 5 aliphatic rings. The van der Waals surface area contributed by atoms with Crippen molar-refractivity contribution < 1.29 is 29.4 Å². The lowest BCUT2D eigenvalue weighted by Crippen LogP contribution is -2.67. The lowest BCUT2D eigenvalue weighted by Gasteiger charge is -2.53. The fraction of sp³-hybridized carbons (Fsp3) is 0.655. The van der Waals surface area contributed by atoms with Crippen LogP contribution in [0.3, 0.4) is 0 Å². The minimum absolute atomic E-state index is 0.0767. The van der Waals surface area contributed by atoms with Crippen molar-refractivity contribution in [2.75, 3.05) is 13.2 Å². The zero-order valence-corrected chi connectivity index (χ0v) is 21.8. The molecule has 0 spiro atoms. The van der Waals surface area contributed by atoms with Crippen LogP contribution in [0.15, 0.2) is 30.3 Å². The van der Waals surface area contributed by atoms with E-state index in [1.54, 1.807) is 17.0 Å². The van der Waals surface area contributed by atoms with Gasteiger partial charge in [0.15, 0.2) is 11.4 Å². The van der Waals surface area contributed by atoms with Crippen molar-refractivity contribution in [1.82, 2.24) is 15.5 Å². The second-order valence-electron chi connectivity index (χ2n) is 11.5. The Balaban J connectivity index is 1.44. The minimum Gasteiger partial charge on any atom is -0.389 e. The Morgan fingerprint density at radius 1 is 1.03 bits per heavy atom. The molecule has 0 radical (unpaired) electrons. The zero-order chi connectivity index (χ0) is 26.9. The summed E-state index contributed by atoms with van der Waals surface area (Å²) in [5, 5.41) is 27.3. The van der Waals surface area contributed by atoms with E-state index in [-0.39, 0.29) is 30.2 Å². The maximum Gasteiger partial charge on any atom is 0.260 e. The highest BCUT2D eigenvalue weighted by Crippen LogP contribution is 2.46. The number of aliphatic hydroxyl groups excluding tert-OH is 1. The van der Waals surface area contributed by atoms with E-state index in [9.17, 15) is 29.4 Å². The second-order valence-corrected chi connectivity index (χ2v) is 11.5. The normalized spacial score (nSPS) is 29.5. The molecule has 38 heavy (non-hydrogen) atoms. The zero-order valence-electron chi connectivity index (χ0n) is 21.8. The highest BCUT2D eigenvalue weighted by atomic mass is 16.3. The molecule has 3 saturated heterocycles. The first-order chi connectivity index (χ1) is 18.3. The number of fused-ring (bicyclic) bond motifs is 3. The van der Waals surface area contributed by atoms with Crippen molar-refractivity contribution in [2.24, 2.45) is 17.8 Å². The summed E-state index contributed by atoms with van der Waals surface area (Å²) in [6, 6.07) is 7.09. The fourth-order valence-electron chi connectivity index (χ4n) is 7.34. The van der Waals surface area contributed by atoms with Gasteiger partial charge in [-0.1, -0.05) is 43.2 Å². The average Bonchev–Trinajstić information content (AvgIpc) is 3.64. The van der Waals surface area contributed by atoms with Crippen LogP contribution in [0.4, 0.5) is 0 Å². The summed E-state index contributed by atoms with van der Waals surface area (Å²) >= 11 is 0. The first-order valence-electron chi connectivity index (χ1n) is 14.2. The number of amides is 3. The number of ketones is 1. The third-order valence-electron chi connectivity index (χ3n) is 9.41. The van der Waals surface area contributed by atoms with E-state index in [1.165, 1.54) is 0 Å². The van der Waals surface area contributed by atoms with Crippen LogP contribution < -0.4 is 10.6 Å². The molecule has 2 saturated carbocycles. The van der Waals surface area contributed by atoms with Crippen LogP contribution in [0.5, 0.6) is 0 Å². The Labute approximate surface area is 223 Å². The molecule has 4 atom stereocenters. The van der Waals surface area contributed by atoms with E-state index < -0.39 is 47.8 Å². The predicted octanol–water partition coefficient (Wildman–Crippen LogP) is 1.41.